The summed E-state index contributed by atoms with van der Waals surface area (Å²) in [6.07, 6.45) is 7.52. The minimum atomic E-state index is 0.592. The molecule has 0 aromatic carbocycles. The Morgan fingerprint density at radius 1 is 1.44 bits per heavy atom. The average molecular weight is 222 g/mol. The van der Waals surface area contributed by atoms with Crippen molar-refractivity contribution in [2.75, 3.05) is 25.5 Å². The fourth-order valence-electron chi connectivity index (χ4n) is 2.21. The van der Waals surface area contributed by atoms with Crippen LogP contribution in [0.5, 0.6) is 0 Å². The number of imidazole rings is 1. The first-order valence-corrected chi connectivity index (χ1v) is 6.26. The highest BCUT2D eigenvalue weighted by Crippen LogP contribution is 2.14. The van der Waals surface area contributed by atoms with Crippen LogP contribution in [0.2, 0.25) is 0 Å². The van der Waals surface area contributed by atoms with Crippen LogP contribution in [0.3, 0.4) is 0 Å². The molecule has 90 valence electrons. The summed E-state index contributed by atoms with van der Waals surface area (Å²) < 4.78 is 2.21. The molecular weight excluding hydrogens is 200 g/mol. The van der Waals surface area contributed by atoms with Crippen molar-refractivity contribution in [3.05, 3.63) is 12.4 Å². The fourth-order valence-corrected chi connectivity index (χ4v) is 2.21. The predicted octanol–water partition coefficient (Wildman–Crippen LogP) is 1.80. The highest BCUT2D eigenvalue weighted by atomic mass is 15.2. The zero-order valence-electron chi connectivity index (χ0n) is 10.3. The van der Waals surface area contributed by atoms with Crippen LogP contribution in [-0.2, 0) is 6.54 Å². The lowest BCUT2D eigenvalue weighted by Gasteiger charge is -2.29. The highest BCUT2D eigenvalue weighted by Gasteiger charge is 2.17. The van der Waals surface area contributed by atoms with Crippen molar-refractivity contribution in [3.63, 3.8) is 0 Å². The molecule has 0 radical (unpaired) electrons. The molecule has 2 rings (SSSR count). The number of rotatable bonds is 4. The van der Waals surface area contributed by atoms with E-state index in [4.69, 9.17) is 0 Å². The van der Waals surface area contributed by atoms with Crippen molar-refractivity contribution in [2.45, 2.75) is 38.8 Å². The monoisotopic (exact) mass is 222 g/mol. The fraction of sp³-hybridized carbons (Fsp3) is 0.750. The number of aryl methyl sites for hydroxylation is 1. The van der Waals surface area contributed by atoms with Crippen LogP contribution in [0, 0.1) is 0 Å². The summed E-state index contributed by atoms with van der Waals surface area (Å²) in [5, 5.41) is 3.56. The molecule has 0 spiro atoms. The summed E-state index contributed by atoms with van der Waals surface area (Å²) in [5.74, 6) is 1.04. The van der Waals surface area contributed by atoms with Gasteiger partial charge in [-0.1, -0.05) is 6.92 Å². The molecule has 1 aromatic rings. The molecule has 1 aliphatic rings. The minimum Gasteiger partial charge on any atom is -0.353 e. The Morgan fingerprint density at radius 2 is 2.19 bits per heavy atom. The summed E-state index contributed by atoms with van der Waals surface area (Å²) in [5.41, 5.74) is 0. The van der Waals surface area contributed by atoms with Crippen molar-refractivity contribution < 1.29 is 0 Å². The Hall–Kier alpha value is -1.03. The molecule has 1 N–H and O–H groups in total. The van der Waals surface area contributed by atoms with E-state index in [1.54, 1.807) is 0 Å². The molecule has 0 atom stereocenters. The second-order valence-corrected chi connectivity index (χ2v) is 4.67. The van der Waals surface area contributed by atoms with Crippen molar-refractivity contribution in [2.24, 2.45) is 0 Å². The van der Waals surface area contributed by atoms with Crippen LogP contribution >= 0.6 is 0 Å². The molecule has 1 aliphatic heterocycles. The van der Waals surface area contributed by atoms with Crippen LogP contribution in [0.25, 0.3) is 0 Å². The van der Waals surface area contributed by atoms with Gasteiger partial charge in [0.05, 0.1) is 0 Å². The lowest BCUT2D eigenvalue weighted by molar-refractivity contribution is 0.263. The van der Waals surface area contributed by atoms with E-state index in [-0.39, 0.29) is 0 Å². The third-order valence-electron chi connectivity index (χ3n) is 3.23. The minimum absolute atomic E-state index is 0.592. The Kier molecular flexibility index (Phi) is 3.83. The molecule has 4 heteroatoms. The van der Waals surface area contributed by atoms with E-state index >= 15 is 0 Å². The Bertz CT molecular complexity index is 313. The summed E-state index contributed by atoms with van der Waals surface area (Å²) in [7, 11) is 2.19. The summed E-state index contributed by atoms with van der Waals surface area (Å²) in [6, 6.07) is 0.592. The molecule has 0 bridgehead atoms. The number of nitrogens with zero attached hydrogens (tertiary/aromatic N) is 3. The quantitative estimate of drug-likeness (QED) is 0.843. The van der Waals surface area contributed by atoms with Gasteiger partial charge in [0, 0.05) is 25.0 Å². The number of anilines is 1. The van der Waals surface area contributed by atoms with E-state index in [0.29, 0.717) is 6.04 Å². The lowest BCUT2D eigenvalue weighted by Crippen LogP contribution is -2.37. The third kappa shape index (κ3) is 2.76. The van der Waals surface area contributed by atoms with Crippen LogP contribution in [-0.4, -0.2) is 40.6 Å². The molecule has 2 heterocycles. The van der Waals surface area contributed by atoms with Gasteiger partial charge in [-0.2, -0.15) is 0 Å². The van der Waals surface area contributed by atoms with Gasteiger partial charge in [0.1, 0.15) is 0 Å². The van der Waals surface area contributed by atoms with Crippen LogP contribution in [0.15, 0.2) is 12.4 Å². The first-order chi connectivity index (χ1) is 7.79. The normalized spacial score (nSPS) is 18.9. The predicted molar refractivity (Wildman–Crippen MR) is 66.7 cm³/mol. The number of piperidine rings is 1. The number of likely N-dealkylation sites (tertiary alicyclic amines) is 1. The van der Waals surface area contributed by atoms with E-state index in [1.165, 1.54) is 25.9 Å². The second-order valence-electron chi connectivity index (χ2n) is 4.67. The lowest BCUT2D eigenvalue weighted by atomic mass is 10.1. The van der Waals surface area contributed by atoms with Gasteiger partial charge in [0.25, 0.3) is 0 Å². The zero-order valence-corrected chi connectivity index (χ0v) is 10.3. The van der Waals surface area contributed by atoms with Gasteiger partial charge in [-0.15, -0.1) is 0 Å². The third-order valence-corrected chi connectivity index (χ3v) is 3.23. The van der Waals surface area contributed by atoms with Gasteiger partial charge in [0.2, 0.25) is 5.95 Å². The molecule has 1 fully saturated rings. The molecule has 0 unspecified atom stereocenters. The average Bonchev–Trinajstić information content (AvgIpc) is 2.70. The number of aromatic nitrogens is 2. The van der Waals surface area contributed by atoms with Gasteiger partial charge in [0.15, 0.2) is 0 Å². The van der Waals surface area contributed by atoms with E-state index in [2.05, 4.69) is 39.9 Å². The summed E-state index contributed by atoms with van der Waals surface area (Å²) in [4.78, 5) is 6.77. The van der Waals surface area contributed by atoms with Crippen LogP contribution in [0.4, 0.5) is 5.95 Å². The number of hydrogen-bond acceptors (Lipinski definition) is 3. The molecule has 1 saturated heterocycles. The second kappa shape index (κ2) is 5.34. The number of nitrogens with one attached hydrogen (secondary N) is 1. The summed E-state index contributed by atoms with van der Waals surface area (Å²) in [6.45, 7) is 5.62. The largest absolute Gasteiger partial charge is 0.353 e. The standard InChI is InChI=1S/C12H22N4/c1-3-7-16-10-6-13-12(16)14-11-4-8-15(2)9-5-11/h6,10-11H,3-5,7-9H2,1-2H3,(H,13,14). The first kappa shape index (κ1) is 11.5. The topological polar surface area (TPSA) is 33.1 Å². The Labute approximate surface area is 97.7 Å². The van der Waals surface area contributed by atoms with Crippen molar-refractivity contribution >= 4 is 5.95 Å². The molecule has 0 amide bonds. The van der Waals surface area contributed by atoms with Crippen molar-refractivity contribution in [1.29, 1.82) is 0 Å². The van der Waals surface area contributed by atoms with E-state index in [9.17, 15) is 0 Å². The zero-order chi connectivity index (χ0) is 11.4. The molecular formula is C12H22N4. The van der Waals surface area contributed by atoms with E-state index < -0.39 is 0 Å². The van der Waals surface area contributed by atoms with Crippen molar-refractivity contribution in [3.8, 4) is 0 Å². The molecule has 0 aliphatic carbocycles. The number of hydrogen-bond donors (Lipinski definition) is 1. The maximum Gasteiger partial charge on any atom is 0.202 e. The van der Waals surface area contributed by atoms with Crippen molar-refractivity contribution in [1.82, 2.24) is 14.5 Å². The SMILES string of the molecule is CCCn1ccnc1NC1CCN(C)CC1. The van der Waals surface area contributed by atoms with Gasteiger partial charge in [-0.25, -0.2) is 4.98 Å². The van der Waals surface area contributed by atoms with Gasteiger partial charge >= 0.3 is 0 Å². The smallest absolute Gasteiger partial charge is 0.202 e. The van der Waals surface area contributed by atoms with Crippen LogP contribution in [0.1, 0.15) is 26.2 Å². The highest BCUT2D eigenvalue weighted by molar-refractivity contribution is 5.27. The van der Waals surface area contributed by atoms with Gasteiger partial charge in [-0.3, -0.25) is 0 Å². The van der Waals surface area contributed by atoms with E-state index in [0.717, 1.165) is 18.9 Å². The molecule has 4 nitrogen and oxygen atoms in total. The van der Waals surface area contributed by atoms with Crippen LogP contribution < -0.4 is 5.32 Å². The summed E-state index contributed by atoms with van der Waals surface area (Å²) >= 11 is 0. The van der Waals surface area contributed by atoms with Gasteiger partial charge in [-0.05, 0) is 39.4 Å². The Balaban J connectivity index is 1.90. The molecule has 16 heavy (non-hydrogen) atoms. The molecule has 0 saturated carbocycles. The Morgan fingerprint density at radius 3 is 2.88 bits per heavy atom. The molecule has 1 aromatic heterocycles. The maximum absolute atomic E-state index is 4.39. The van der Waals surface area contributed by atoms with Gasteiger partial charge < -0.3 is 14.8 Å². The first-order valence-electron chi connectivity index (χ1n) is 6.26. The van der Waals surface area contributed by atoms with E-state index in [1.807, 2.05) is 6.20 Å². The maximum atomic E-state index is 4.39.